The van der Waals surface area contributed by atoms with Crippen LogP contribution in [0.3, 0.4) is 0 Å². The molecule has 44 heavy (non-hydrogen) atoms. The molecule has 2 fully saturated rings. The lowest BCUT2D eigenvalue weighted by Crippen LogP contribution is -2.57. The molecule has 1 unspecified atom stereocenters. The Bertz CT molecular complexity index is 1430. The highest BCUT2D eigenvalue weighted by Crippen LogP contribution is 2.59. The van der Waals surface area contributed by atoms with Gasteiger partial charge in [-0.15, -0.1) is 0 Å². The van der Waals surface area contributed by atoms with Gasteiger partial charge in [0.1, 0.15) is 11.6 Å². The van der Waals surface area contributed by atoms with Gasteiger partial charge in [-0.25, -0.2) is 0 Å². The van der Waals surface area contributed by atoms with E-state index >= 15 is 0 Å². The van der Waals surface area contributed by atoms with Gasteiger partial charge in [-0.1, -0.05) is 112 Å². The number of benzene rings is 2. The molecule has 1 spiro atoms. The van der Waals surface area contributed by atoms with Gasteiger partial charge < -0.3 is 24.5 Å². The fourth-order valence-electron chi connectivity index (χ4n) is 7.86. The van der Waals surface area contributed by atoms with E-state index in [4.69, 9.17) is 4.74 Å². The summed E-state index contributed by atoms with van der Waals surface area (Å²) in [6.07, 6.45) is 11.1. The molecule has 4 aliphatic rings. The molecule has 1 N–H and O–H groups in total. The van der Waals surface area contributed by atoms with Crippen molar-refractivity contribution in [2.75, 3.05) is 26.2 Å². The minimum Gasteiger partial charge on any atom is -0.394 e. The summed E-state index contributed by atoms with van der Waals surface area (Å²) in [4.78, 5) is 49.3. The molecule has 0 aliphatic carbocycles. The minimum absolute atomic E-state index is 0.151. The highest BCUT2D eigenvalue weighted by atomic mass is 16.5. The third kappa shape index (κ3) is 4.88. The maximum Gasteiger partial charge on any atom is 0.249 e. The summed E-state index contributed by atoms with van der Waals surface area (Å²) in [6, 6.07) is 17.4. The van der Waals surface area contributed by atoms with Crippen molar-refractivity contribution >= 4 is 17.7 Å². The van der Waals surface area contributed by atoms with Crippen LogP contribution >= 0.6 is 0 Å². The molecule has 2 saturated heterocycles. The Morgan fingerprint density at radius 1 is 0.841 bits per heavy atom. The first-order valence-corrected chi connectivity index (χ1v) is 16.1. The van der Waals surface area contributed by atoms with Crippen molar-refractivity contribution < 1.29 is 24.2 Å². The lowest BCUT2D eigenvalue weighted by molar-refractivity contribution is -0.157. The van der Waals surface area contributed by atoms with Crippen LogP contribution in [0.15, 0.2) is 85.0 Å². The lowest BCUT2D eigenvalue weighted by Gasteiger charge is -2.41. The molecule has 0 aromatic heterocycles. The molecule has 0 radical (unpaired) electrons. The maximum atomic E-state index is 14.9. The minimum atomic E-state index is -1.35. The maximum absolute atomic E-state index is 14.9. The predicted molar refractivity (Wildman–Crippen MR) is 167 cm³/mol. The Labute approximate surface area is 260 Å². The van der Waals surface area contributed by atoms with E-state index in [1.807, 2.05) is 96.8 Å². The smallest absolute Gasteiger partial charge is 0.249 e. The second-order valence-corrected chi connectivity index (χ2v) is 12.5. The van der Waals surface area contributed by atoms with Crippen molar-refractivity contribution in [3.05, 3.63) is 96.1 Å². The lowest BCUT2D eigenvalue weighted by atomic mass is 9.73. The van der Waals surface area contributed by atoms with Crippen LogP contribution in [0, 0.1) is 11.8 Å². The first kappa shape index (κ1) is 30.3. The van der Waals surface area contributed by atoms with Crippen molar-refractivity contribution in [2.24, 2.45) is 11.8 Å². The van der Waals surface area contributed by atoms with Crippen molar-refractivity contribution in [1.29, 1.82) is 0 Å². The summed E-state index contributed by atoms with van der Waals surface area (Å²) in [6.45, 7) is 5.52. The Morgan fingerprint density at radius 2 is 1.52 bits per heavy atom. The number of fused-ring (bicyclic) bond motifs is 2. The first-order chi connectivity index (χ1) is 21.4. The van der Waals surface area contributed by atoms with E-state index in [1.54, 1.807) is 9.80 Å². The third-order valence-electron chi connectivity index (χ3n) is 9.99. The fraction of sp³-hybridized carbons (Fsp3) is 0.472. The first-order valence-electron chi connectivity index (χ1n) is 16.1. The van der Waals surface area contributed by atoms with E-state index < -0.39 is 35.1 Å². The number of nitrogens with zero attached hydrogens (tertiary/aromatic N) is 3. The monoisotopic (exact) mass is 597 g/mol. The molecular formula is C36H43N3O5. The van der Waals surface area contributed by atoms with Crippen molar-refractivity contribution in [1.82, 2.24) is 14.7 Å². The van der Waals surface area contributed by atoms with Gasteiger partial charge in [0.05, 0.1) is 30.1 Å². The largest absolute Gasteiger partial charge is 0.394 e. The van der Waals surface area contributed by atoms with Gasteiger partial charge in [0.15, 0.2) is 0 Å². The number of hydrogen-bond donors (Lipinski definition) is 1. The molecule has 4 aliphatic heterocycles. The van der Waals surface area contributed by atoms with Gasteiger partial charge >= 0.3 is 0 Å². The topological polar surface area (TPSA) is 90.4 Å². The Balaban J connectivity index is 1.47. The summed E-state index contributed by atoms with van der Waals surface area (Å²) in [5, 5.41) is 10.8. The van der Waals surface area contributed by atoms with E-state index in [1.165, 1.54) is 0 Å². The molecule has 4 heterocycles. The normalized spacial score (nSPS) is 30.2. The zero-order chi connectivity index (χ0) is 30.9. The van der Waals surface area contributed by atoms with Gasteiger partial charge in [-0.2, -0.15) is 0 Å². The average molecular weight is 598 g/mol. The van der Waals surface area contributed by atoms with Crippen LogP contribution in [0.25, 0.3) is 0 Å². The number of carbonyl (C=O) groups is 3. The number of hydrogen-bond acceptors (Lipinski definition) is 5. The number of unbranched alkanes of at least 4 members (excludes halogenated alkanes) is 2. The fourth-order valence-corrected chi connectivity index (χ4v) is 7.86. The van der Waals surface area contributed by atoms with Gasteiger partial charge in [0, 0.05) is 26.2 Å². The van der Waals surface area contributed by atoms with Crippen molar-refractivity contribution in [3.8, 4) is 0 Å². The molecule has 0 saturated carbocycles. The van der Waals surface area contributed by atoms with Crippen molar-refractivity contribution in [3.63, 3.8) is 0 Å². The number of aliphatic hydroxyl groups is 1. The quantitative estimate of drug-likeness (QED) is 0.327. The van der Waals surface area contributed by atoms with Crippen LogP contribution in [0.2, 0.25) is 0 Å². The van der Waals surface area contributed by atoms with Crippen LogP contribution in [0.5, 0.6) is 0 Å². The van der Waals surface area contributed by atoms with Gasteiger partial charge in [-0.05, 0) is 24.0 Å². The molecule has 6 atom stereocenters. The number of aliphatic hydroxyl groups excluding tert-OH is 1. The summed E-state index contributed by atoms with van der Waals surface area (Å²) in [5.74, 6) is -2.42. The molecule has 0 bridgehead atoms. The Morgan fingerprint density at radius 3 is 2.20 bits per heavy atom. The van der Waals surface area contributed by atoms with E-state index in [9.17, 15) is 19.5 Å². The molecule has 2 aromatic rings. The van der Waals surface area contributed by atoms with Crippen molar-refractivity contribution in [2.45, 2.75) is 69.4 Å². The summed E-state index contributed by atoms with van der Waals surface area (Å²) >= 11 is 0. The second-order valence-electron chi connectivity index (χ2n) is 12.5. The highest BCUT2D eigenvalue weighted by molar-refractivity contribution is 6.00. The van der Waals surface area contributed by atoms with E-state index in [-0.39, 0.29) is 24.3 Å². The zero-order valence-electron chi connectivity index (χ0n) is 25.7. The number of carbonyl (C=O) groups excluding carboxylic acids is 3. The molecular weight excluding hydrogens is 554 g/mol. The Hall–Kier alpha value is -3.75. The summed E-state index contributed by atoms with van der Waals surface area (Å²) in [5.41, 5.74) is -0.666. The molecule has 232 valence electrons. The molecule has 2 aromatic carbocycles. The molecule has 3 amide bonds. The number of rotatable bonds is 10. The highest BCUT2D eigenvalue weighted by Gasteiger charge is 2.76. The van der Waals surface area contributed by atoms with E-state index in [0.29, 0.717) is 32.6 Å². The van der Waals surface area contributed by atoms with Crippen LogP contribution in [0.1, 0.15) is 56.7 Å². The Kier molecular flexibility index (Phi) is 8.49. The standard InChI is InChI=1S/C36H43N3O5/c1-3-5-12-21-37-22-14-20-36-30(33(42)39(31(36)34(37)43)28(25-40)27-17-10-7-11-18-27)29-32(41)38(24-26-15-8-6-9-16-26)23-13-19-35(29,4-2)44-36/h6-11,13-20,28-31,40H,3-5,12,21-25H2,1-2H3/t28-,29+,30+,31?,35-,36+/m1/s1. The number of ether oxygens (including phenoxy) is 1. The predicted octanol–water partition coefficient (Wildman–Crippen LogP) is 4.27. The summed E-state index contributed by atoms with van der Waals surface area (Å²) < 4.78 is 7.11. The van der Waals surface area contributed by atoms with Crippen LogP contribution < -0.4 is 0 Å². The molecule has 8 nitrogen and oxygen atoms in total. The summed E-state index contributed by atoms with van der Waals surface area (Å²) in [7, 11) is 0. The van der Waals surface area contributed by atoms with Crippen LogP contribution in [-0.2, 0) is 25.7 Å². The molecule has 6 rings (SSSR count). The number of amides is 3. The average Bonchev–Trinajstić information content (AvgIpc) is 3.35. The zero-order valence-corrected chi connectivity index (χ0v) is 25.7. The van der Waals surface area contributed by atoms with Gasteiger partial charge in [-0.3, -0.25) is 14.4 Å². The third-order valence-corrected chi connectivity index (χ3v) is 9.99. The van der Waals surface area contributed by atoms with Gasteiger partial charge in [0.25, 0.3) is 0 Å². The van der Waals surface area contributed by atoms with Gasteiger partial charge in [0.2, 0.25) is 17.7 Å². The second kappa shape index (κ2) is 12.3. The number of likely N-dealkylation sites (tertiary alicyclic amines) is 1. The van der Waals surface area contributed by atoms with Crippen LogP contribution in [-0.4, -0.2) is 81.0 Å². The van der Waals surface area contributed by atoms with E-state index in [2.05, 4.69) is 6.92 Å². The SMILES string of the molecule is CCCCCN1CC=C[C@]23O[C@]4(CC)C=CCN(Cc5ccccc5)C(=O)[C@@H]4[C@H]2C(=O)N([C@H](CO)c2ccccc2)C3C1=O. The molecule has 8 heteroatoms. The van der Waals surface area contributed by atoms with Crippen LogP contribution in [0.4, 0.5) is 0 Å². The van der Waals surface area contributed by atoms with E-state index in [0.717, 1.165) is 30.4 Å².